The van der Waals surface area contributed by atoms with Gasteiger partial charge in [-0.3, -0.25) is 0 Å². The maximum absolute atomic E-state index is 5.75. The lowest BCUT2D eigenvalue weighted by Gasteiger charge is -2.29. The van der Waals surface area contributed by atoms with Crippen LogP contribution >= 0.6 is 12.6 Å². The van der Waals surface area contributed by atoms with Crippen LogP contribution in [0.4, 0.5) is 0 Å². The number of thiol groups is 1. The summed E-state index contributed by atoms with van der Waals surface area (Å²) >= 11 is 4.49. The minimum atomic E-state index is -0.199. The van der Waals surface area contributed by atoms with Crippen molar-refractivity contribution >= 4 is 12.6 Å². The molecule has 2 heteroatoms. The van der Waals surface area contributed by atoms with E-state index < -0.39 is 0 Å². The van der Waals surface area contributed by atoms with Crippen LogP contribution in [0.5, 0.6) is 0 Å². The second kappa shape index (κ2) is 5.04. The van der Waals surface area contributed by atoms with Crippen molar-refractivity contribution in [2.45, 2.75) is 58.0 Å². The molecule has 0 spiro atoms. The molecule has 0 N–H and O–H groups in total. The standard InChI is InChI=1S/C9H20OS/c1-5-8(4)10-9(11,6-2)7-3/h8,11H,5-7H2,1-4H3. The van der Waals surface area contributed by atoms with E-state index in [1.807, 2.05) is 0 Å². The molecule has 11 heavy (non-hydrogen) atoms. The highest BCUT2D eigenvalue weighted by Gasteiger charge is 2.23. The Morgan fingerprint density at radius 3 is 2.00 bits per heavy atom. The quantitative estimate of drug-likeness (QED) is 0.500. The van der Waals surface area contributed by atoms with Gasteiger partial charge in [-0.15, -0.1) is 12.6 Å². The van der Waals surface area contributed by atoms with Gasteiger partial charge in [-0.25, -0.2) is 0 Å². The van der Waals surface area contributed by atoms with E-state index in [0.717, 1.165) is 19.3 Å². The first-order valence-corrected chi connectivity index (χ1v) is 4.92. The van der Waals surface area contributed by atoms with Crippen LogP contribution in [0.25, 0.3) is 0 Å². The van der Waals surface area contributed by atoms with Crippen LogP contribution in [0, 0.1) is 0 Å². The summed E-state index contributed by atoms with van der Waals surface area (Å²) in [4.78, 5) is -0.199. The van der Waals surface area contributed by atoms with Crippen molar-refractivity contribution in [3.8, 4) is 0 Å². The van der Waals surface area contributed by atoms with Gasteiger partial charge in [-0.2, -0.15) is 0 Å². The highest BCUT2D eigenvalue weighted by molar-refractivity contribution is 7.81. The fourth-order valence-electron chi connectivity index (χ4n) is 0.874. The molecule has 0 rings (SSSR count). The third-order valence-corrected chi connectivity index (χ3v) is 2.84. The molecular weight excluding hydrogens is 156 g/mol. The van der Waals surface area contributed by atoms with Crippen molar-refractivity contribution in [3.63, 3.8) is 0 Å². The van der Waals surface area contributed by atoms with Gasteiger partial charge in [0.15, 0.2) is 0 Å². The third-order valence-electron chi connectivity index (χ3n) is 2.10. The Hall–Kier alpha value is 0.310. The Bertz CT molecular complexity index is 99.7. The molecule has 0 aromatic rings. The molecule has 0 amide bonds. The number of hydrogen-bond acceptors (Lipinski definition) is 2. The van der Waals surface area contributed by atoms with E-state index in [2.05, 4.69) is 40.3 Å². The lowest BCUT2D eigenvalue weighted by atomic mass is 10.2. The van der Waals surface area contributed by atoms with Gasteiger partial charge in [0.1, 0.15) is 4.93 Å². The minimum Gasteiger partial charge on any atom is -0.362 e. The Morgan fingerprint density at radius 2 is 1.73 bits per heavy atom. The van der Waals surface area contributed by atoms with Crippen molar-refractivity contribution in [1.82, 2.24) is 0 Å². The van der Waals surface area contributed by atoms with E-state index in [-0.39, 0.29) is 4.93 Å². The molecule has 0 heterocycles. The van der Waals surface area contributed by atoms with Crippen LogP contribution < -0.4 is 0 Å². The number of rotatable bonds is 5. The molecule has 0 aromatic heterocycles. The molecule has 0 fully saturated rings. The van der Waals surface area contributed by atoms with Gasteiger partial charge in [-0.1, -0.05) is 20.8 Å². The van der Waals surface area contributed by atoms with E-state index in [0.29, 0.717) is 6.10 Å². The second-order valence-electron chi connectivity index (χ2n) is 2.99. The fraction of sp³-hybridized carbons (Fsp3) is 1.00. The fourth-order valence-corrected chi connectivity index (χ4v) is 1.05. The molecule has 68 valence electrons. The van der Waals surface area contributed by atoms with Gasteiger partial charge in [0.05, 0.1) is 6.10 Å². The Morgan fingerprint density at radius 1 is 1.27 bits per heavy atom. The lowest BCUT2D eigenvalue weighted by molar-refractivity contribution is -0.0299. The first-order valence-electron chi connectivity index (χ1n) is 4.48. The minimum absolute atomic E-state index is 0.199. The number of hydrogen-bond donors (Lipinski definition) is 1. The maximum atomic E-state index is 5.75. The molecule has 0 bridgehead atoms. The molecule has 0 aliphatic heterocycles. The second-order valence-corrected chi connectivity index (χ2v) is 3.81. The highest BCUT2D eigenvalue weighted by Crippen LogP contribution is 2.26. The van der Waals surface area contributed by atoms with E-state index in [1.165, 1.54) is 0 Å². The van der Waals surface area contributed by atoms with E-state index in [1.54, 1.807) is 0 Å². The van der Waals surface area contributed by atoms with Crippen molar-refractivity contribution in [2.24, 2.45) is 0 Å². The smallest absolute Gasteiger partial charge is 0.110 e. The van der Waals surface area contributed by atoms with Crippen LogP contribution in [0.1, 0.15) is 47.0 Å². The molecule has 1 atom stereocenters. The topological polar surface area (TPSA) is 9.23 Å². The summed E-state index contributed by atoms with van der Waals surface area (Å²) in [5.41, 5.74) is 0. The molecule has 1 nitrogen and oxygen atoms in total. The third kappa shape index (κ3) is 4.02. The molecule has 0 radical (unpaired) electrons. The SMILES string of the molecule is CCC(C)OC(S)(CC)CC. The molecule has 0 aliphatic carbocycles. The molecular formula is C9H20OS. The van der Waals surface area contributed by atoms with Gasteiger partial charge < -0.3 is 4.74 Å². The highest BCUT2D eigenvalue weighted by atomic mass is 32.1. The van der Waals surface area contributed by atoms with Crippen molar-refractivity contribution in [1.29, 1.82) is 0 Å². The predicted octanol–water partition coefficient (Wildman–Crippen LogP) is 3.25. The Kier molecular flexibility index (Phi) is 5.19. The molecule has 1 unspecified atom stereocenters. The van der Waals surface area contributed by atoms with Gasteiger partial charge in [0.25, 0.3) is 0 Å². The summed E-state index contributed by atoms with van der Waals surface area (Å²) in [6, 6.07) is 0. The van der Waals surface area contributed by atoms with Gasteiger partial charge in [0, 0.05) is 0 Å². The summed E-state index contributed by atoms with van der Waals surface area (Å²) in [5.74, 6) is 0. The first-order chi connectivity index (χ1) is 5.08. The number of ether oxygens (including phenoxy) is 1. The van der Waals surface area contributed by atoms with Crippen LogP contribution in [0.3, 0.4) is 0 Å². The first kappa shape index (κ1) is 11.3. The zero-order valence-electron chi connectivity index (χ0n) is 8.05. The van der Waals surface area contributed by atoms with Crippen LogP contribution in [-0.4, -0.2) is 11.0 Å². The predicted molar refractivity (Wildman–Crippen MR) is 53.1 cm³/mol. The van der Waals surface area contributed by atoms with Gasteiger partial charge >= 0.3 is 0 Å². The summed E-state index contributed by atoms with van der Waals surface area (Å²) in [6.45, 7) is 8.44. The van der Waals surface area contributed by atoms with E-state index in [9.17, 15) is 0 Å². The molecule has 0 saturated carbocycles. The van der Waals surface area contributed by atoms with Crippen molar-refractivity contribution < 1.29 is 4.74 Å². The summed E-state index contributed by atoms with van der Waals surface area (Å²) in [5, 5.41) is 0. The van der Waals surface area contributed by atoms with Crippen LogP contribution in [0.2, 0.25) is 0 Å². The maximum Gasteiger partial charge on any atom is 0.110 e. The van der Waals surface area contributed by atoms with Gasteiger partial charge in [0.2, 0.25) is 0 Å². The average Bonchev–Trinajstić information content (AvgIpc) is 2.04. The summed E-state index contributed by atoms with van der Waals surface area (Å²) < 4.78 is 5.75. The van der Waals surface area contributed by atoms with Crippen molar-refractivity contribution in [3.05, 3.63) is 0 Å². The Labute approximate surface area is 75.9 Å². The zero-order valence-corrected chi connectivity index (χ0v) is 8.95. The zero-order chi connectivity index (χ0) is 8.91. The van der Waals surface area contributed by atoms with Gasteiger partial charge in [-0.05, 0) is 26.2 Å². The average molecular weight is 176 g/mol. The van der Waals surface area contributed by atoms with E-state index in [4.69, 9.17) is 4.74 Å². The lowest BCUT2D eigenvalue weighted by Crippen LogP contribution is -2.28. The van der Waals surface area contributed by atoms with Crippen LogP contribution in [-0.2, 0) is 4.74 Å². The Balaban J connectivity index is 3.86. The van der Waals surface area contributed by atoms with Crippen LogP contribution in [0.15, 0.2) is 0 Å². The summed E-state index contributed by atoms with van der Waals surface area (Å²) in [6.07, 6.45) is 3.32. The van der Waals surface area contributed by atoms with Crippen molar-refractivity contribution in [2.75, 3.05) is 0 Å². The molecule has 0 saturated heterocycles. The summed E-state index contributed by atoms with van der Waals surface area (Å²) in [7, 11) is 0. The largest absolute Gasteiger partial charge is 0.362 e. The normalized spacial score (nSPS) is 15.0. The van der Waals surface area contributed by atoms with E-state index >= 15 is 0 Å². The molecule has 0 aromatic carbocycles. The molecule has 0 aliphatic rings. The monoisotopic (exact) mass is 176 g/mol.